The van der Waals surface area contributed by atoms with Crippen molar-refractivity contribution in [1.82, 2.24) is 15.1 Å². The molecule has 2 aromatic rings. The molecule has 1 atom stereocenters. The second-order valence-electron chi connectivity index (χ2n) is 7.25. The highest BCUT2D eigenvalue weighted by Crippen LogP contribution is 2.36. The van der Waals surface area contributed by atoms with E-state index in [0.29, 0.717) is 17.2 Å². The molecule has 0 saturated heterocycles. The number of carbonyl (C=O) groups is 1. The minimum Gasteiger partial charge on any atom is -0.493 e. The first-order valence-electron chi connectivity index (χ1n) is 11.2. The van der Waals surface area contributed by atoms with Gasteiger partial charge in [0, 0.05) is 18.0 Å². The number of benzene rings is 1. The Morgan fingerprint density at radius 3 is 2.35 bits per heavy atom. The minimum atomic E-state index is -0.0388. The van der Waals surface area contributed by atoms with Crippen LogP contribution in [0.15, 0.2) is 30.3 Å². The number of thiophene rings is 1. The molecule has 172 valence electrons. The van der Waals surface area contributed by atoms with Crippen molar-refractivity contribution in [2.45, 2.75) is 40.8 Å². The number of hydrogen-bond acceptors (Lipinski definition) is 6. The number of amides is 1. The van der Waals surface area contributed by atoms with E-state index in [2.05, 4.69) is 42.8 Å². The van der Waals surface area contributed by atoms with Crippen LogP contribution in [0.5, 0.6) is 11.5 Å². The molecule has 1 N–H and O–H groups in total. The van der Waals surface area contributed by atoms with E-state index >= 15 is 0 Å². The van der Waals surface area contributed by atoms with Gasteiger partial charge in [-0.3, -0.25) is 9.69 Å². The first-order chi connectivity index (χ1) is 15.0. The molecule has 0 saturated carbocycles. The lowest BCUT2D eigenvalue weighted by atomic mass is 10.1. The molecule has 0 radical (unpaired) electrons. The van der Waals surface area contributed by atoms with Crippen LogP contribution in [0.4, 0.5) is 0 Å². The normalized spacial score (nSPS) is 12.3. The molecular weight excluding hydrogens is 410 g/mol. The van der Waals surface area contributed by atoms with Gasteiger partial charge in [0.2, 0.25) is 0 Å². The first kappa shape index (κ1) is 25.2. The summed E-state index contributed by atoms with van der Waals surface area (Å²) < 4.78 is 11.7. The molecule has 1 amide bonds. The van der Waals surface area contributed by atoms with Crippen molar-refractivity contribution in [2.75, 3.05) is 46.4 Å². The van der Waals surface area contributed by atoms with E-state index in [4.69, 9.17) is 9.47 Å². The third-order valence-corrected chi connectivity index (χ3v) is 6.64. The van der Waals surface area contributed by atoms with Gasteiger partial charge < -0.3 is 19.7 Å². The van der Waals surface area contributed by atoms with Gasteiger partial charge in [0.05, 0.1) is 12.0 Å². The molecule has 1 heterocycles. The van der Waals surface area contributed by atoms with E-state index in [9.17, 15) is 4.79 Å². The van der Waals surface area contributed by atoms with Gasteiger partial charge in [0.15, 0.2) is 11.5 Å². The van der Waals surface area contributed by atoms with Gasteiger partial charge in [-0.25, -0.2) is 0 Å². The van der Waals surface area contributed by atoms with Crippen LogP contribution in [0.3, 0.4) is 0 Å². The number of rotatable bonds is 13. The summed E-state index contributed by atoms with van der Waals surface area (Å²) in [6, 6.07) is 9.79. The highest BCUT2D eigenvalue weighted by Gasteiger charge is 2.16. The van der Waals surface area contributed by atoms with Crippen LogP contribution in [-0.4, -0.2) is 68.3 Å². The van der Waals surface area contributed by atoms with Crippen molar-refractivity contribution in [3.05, 3.63) is 35.2 Å². The fraction of sp³-hybridized carbons (Fsp3) is 0.542. The number of hydrogen-bond donors (Lipinski definition) is 1. The molecule has 0 aliphatic rings. The Bertz CT molecular complexity index is 816. The smallest absolute Gasteiger partial charge is 0.261 e. The van der Waals surface area contributed by atoms with Crippen LogP contribution in [0.2, 0.25) is 0 Å². The molecule has 1 unspecified atom stereocenters. The van der Waals surface area contributed by atoms with Crippen LogP contribution >= 0.6 is 11.3 Å². The summed E-state index contributed by atoms with van der Waals surface area (Å²) in [5, 5.41) is 3.02. The standard InChI is InChI=1S/C24H37N3O3S/c1-7-26(8-2)16-15-25-24(28)23-14-13-22(31-23)19-11-12-20(21(17-19)29-6)30-18(5)27(9-3)10-4/h11-14,17-18H,7-10,15-16H2,1-6H3,(H,25,28). The number of carbonyl (C=O) groups excluding carboxylic acids is 1. The molecule has 0 bridgehead atoms. The monoisotopic (exact) mass is 447 g/mol. The Morgan fingerprint density at radius 1 is 1.03 bits per heavy atom. The Kier molecular flexibility index (Phi) is 10.3. The number of methoxy groups -OCH3 is 1. The van der Waals surface area contributed by atoms with E-state index in [1.807, 2.05) is 37.3 Å². The zero-order chi connectivity index (χ0) is 22.8. The summed E-state index contributed by atoms with van der Waals surface area (Å²) in [6.07, 6.45) is -0.0388. The van der Waals surface area contributed by atoms with Gasteiger partial charge in [-0.2, -0.15) is 0 Å². The average molecular weight is 448 g/mol. The van der Waals surface area contributed by atoms with E-state index in [1.165, 1.54) is 11.3 Å². The first-order valence-corrected chi connectivity index (χ1v) is 12.0. The van der Waals surface area contributed by atoms with Crippen molar-refractivity contribution >= 4 is 17.2 Å². The van der Waals surface area contributed by atoms with Crippen molar-refractivity contribution < 1.29 is 14.3 Å². The van der Waals surface area contributed by atoms with E-state index in [0.717, 1.165) is 48.9 Å². The SMILES string of the molecule is CCN(CC)CCNC(=O)c1ccc(-c2ccc(OC(C)N(CC)CC)c(OC)c2)s1. The van der Waals surface area contributed by atoms with Crippen molar-refractivity contribution in [3.8, 4) is 21.9 Å². The Labute approximate surface area is 191 Å². The van der Waals surface area contributed by atoms with Gasteiger partial charge >= 0.3 is 0 Å². The number of nitrogens with zero attached hydrogens (tertiary/aromatic N) is 2. The Morgan fingerprint density at radius 2 is 1.74 bits per heavy atom. The quantitative estimate of drug-likeness (QED) is 0.456. The van der Waals surface area contributed by atoms with Crippen LogP contribution < -0.4 is 14.8 Å². The van der Waals surface area contributed by atoms with Crippen LogP contribution in [0, 0.1) is 0 Å². The van der Waals surface area contributed by atoms with Crippen LogP contribution in [0.1, 0.15) is 44.3 Å². The Hall–Kier alpha value is -2.09. The average Bonchev–Trinajstić information content (AvgIpc) is 3.28. The van der Waals surface area contributed by atoms with Gasteiger partial charge in [-0.15, -0.1) is 11.3 Å². The number of nitrogens with one attached hydrogen (secondary N) is 1. The maximum atomic E-state index is 12.5. The summed E-state index contributed by atoms with van der Waals surface area (Å²) >= 11 is 1.49. The maximum absolute atomic E-state index is 12.5. The molecular formula is C24H37N3O3S. The zero-order valence-corrected chi connectivity index (χ0v) is 20.6. The number of likely N-dealkylation sites (N-methyl/N-ethyl adjacent to an activating group) is 1. The third kappa shape index (κ3) is 6.95. The highest BCUT2D eigenvalue weighted by molar-refractivity contribution is 7.17. The molecule has 0 fully saturated rings. The van der Waals surface area contributed by atoms with Crippen molar-refractivity contribution in [3.63, 3.8) is 0 Å². The summed E-state index contributed by atoms with van der Waals surface area (Å²) in [7, 11) is 1.65. The number of ether oxygens (including phenoxy) is 2. The summed E-state index contributed by atoms with van der Waals surface area (Å²) in [5.74, 6) is 1.38. The van der Waals surface area contributed by atoms with Crippen molar-refractivity contribution in [2.24, 2.45) is 0 Å². The molecule has 0 aliphatic heterocycles. The topological polar surface area (TPSA) is 54.0 Å². The molecule has 0 aliphatic carbocycles. The van der Waals surface area contributed by atoms with E-state index in [1.54, 1.807) is 7.11 Å². The summed E-state index contributed by atoms with van der Waals surface area (Å²) in [4.78, 5) is 18.8. The van der Waals surface area contributed by atoms with Gasteiger partial charge in [0.1, 0.15) is 6.23 Å². The second kappa shape index (κ2) is 12.7. The fourth-order valence-electron chi connectivity index (χ4n) is 3.48. The second-order valence-corrected chi connectivity index (χ2v) is 8.33. The van der Waals surface area contributed by atoms with Crippen LogP contribution in [0.25, 0.3) is 10.4 Å². The molecule has 1 aromatic heterocycles. The predicted molar refractivity (Wildman–Crippen MR) is 129 cm³/mol. The lowest BCUT2D eigenvalue weighted by Gasteiger charge is -2.27. The molecule has 31 heavy (non-hydrogen) atoms. The van der Waals surface area contributed by atoms with Gasteiger partial charge in [-0.1, -0.05) is 27.7 Å². The van der Waals surface area contributed by atoms with Crippen LogP contribution in [-0.2, 0) is 0 Å². The summed E-state index contributed by atoms with van der Waals surface area (Å²) in [5.41, 5.74) is 1.01. The van der Waals surface area contributed by atoms with Crippen molar-refractivity contribution in [1.29, 1.82) is 0 Å². The molecule has 6 nitrogen and oxygen atoms in total. The zero-order valence-electron chi connectivity index (χ0n) is 19.7. The van der Waals surface area contributed by atoms with E-state index in [-0.39, 0.29) is 12.1 Å². The van der Waals surface area contributed by atoms with E-state index < -0.39 is 0 Å². The minimum absolute atomic E-state index is 0.0247. The third-order valence-electron chi connectivity index (χ3n) is 5.51. The largest absolute Gasteiger partial charge is 0.493 e. The summed E-state index contributed by atoms with van der Waals surface area (Å²) in [6.45, 7) is 15.9. The predicted octanol–water partition coefficient (Wildman–Crippen LogP) is 4.56. The molecule has 1 aromatic carbocycles. The lowest BCUT2D eigenvalue weighted by molar-refractivity contribution is 0.0458. The highest BCUT2D eigenvalue weighted by atomic mass is 32.1. The fourth-order valence-corrected chi connectivity index (χ4v) is 4.40. The Balaban J connectivity index is 2.07. The van der Waals surface area contributed by atoms with Gasteiger partial charge in [-0.05, 0) is 69.0 Å². The lowest BCUT2D eigenvalue weighted by Crippen LogP contribution is -2.36. The van der Waals surface area contributed by atoms with Gasteiger partial charge in [0.25, 0.3) is 5.91 Å². The molecule has 0 spiro atoms. The maximum Gasteiger partial charge on any atom is 0.261 e. The molecule has 2 rings (SSSR count). The molecule has 7 heteroatoms.